The molecule has 1 amide bonds. The minimum Gasteiger partial charge on any atom is -0.467 e. The van der Waals surface area contributed by atoms with Gasteiger partial charge in [-0.25, -0.2) is 0 Å². The lowest BCUT2D eigenvalue weighted by Gasteiger charge is -2.15. The summed E-state index contributed by atoms with van der Waals surface area (Å²) in [7, 11) is 1.76. The van der Waals surface area contributed by atoms with E-state index in [4.69, 9.17) is 4.42 Å². The van der Waals surface area contributed by atoms with Gasteiger partial charge in [-0.1, -0.05) is 30.0 Å². The van der Waals surface area contributed by atoms with Gasteiger partial charge >= 0.3 is 0 Å². The number of carbonyl (C=O) groups is 1. The molecule has 8 heteroatoms. The molecule has 146 valence electrons. The fraction of sp³-hybridized carbons (Fsp3) is 0.143. The Bertz CT molecular complexity index is 1070. The van der Waals surface area contributed by atoms with E-state index in [9.17, 15) is 4.79 Å². The summed E-state index contributed by atoms with van der Waals surface area (Å²) >= 11 is 1.36. The predicted octanol–water partition coefficient (Wildman–Crippen LogP) is 3.67. The van der Waals surface area contributed by atoms with Crippen molar-refractivity contribution in [1.82, 2.24) is 24.6 Å². The number of aromatic nitrogens is 4. The van der Waals surface area contributed by atoms with Gasteiger partial charge in [0.05, 0.1) is 18.6 Å². The first-order chi connectivity index (χ1) is 14.2. The highest BCUT2D eigenvalue weighted by molar-refractivity contribution is 7.99. The number of furan rings is 1. The van der Waals surface area contributed by atoms with Gasteiger partial charge in [0, 0.05) is 30.7 Å². The van der Waals surface area contributed by atoms with Crippen LogP contribution in [0.2, 0.25) is 0 Å². The average Bonchev–Trinajstić information content (AvgIpc) is 3.43. The largest absolute Gasteiger partial charge is 0.467 e. The number of hydrogen-bond donors (Lipinski definition) is 0. The summed E-state index contributed by atoms with van der Waals surface area (Å²) in [5.74, 6) is 1.69. The molecule has 0 saturated carbocycles. The molecule has 0 spiro atoms. The molecule has 3 heterocycles. The van der Waals surface area contributed by atoms with E-state index in [0.29, 0.717) is 17.5 Å². The summed E-state index contributed by atoms with van der Waals surface area (Å²) < 4.78 is 7.27. The molecule has 0 aliphatic heterocycles. The lowest BCUT2D eigenvalue weighted by atomic mass is 10.2. The Morgan fingerprint density at radius 2 is 1.86 bits per heavy atom. The summed E-state index contributed by atoms with van der Waals surface area (Å²) in [6.45, 7) is 0.431. The molecule has 0 atom stereocenters. The van der Waals surface area contributed by atoms with E-state index in [2.05, 4.69) is 15.2 Å². The van der Waals surface area contributed by atoms with Crippen LogP contribution in [0, 0.1) is 0 Å². The lowest BCUT2D eigenvalue weighted by molar-refractivity contribution is -0.127. The summed E-state index contributed by atoms with van der Waals surface area (Å²) in [5, 5.41) is 9.37. The summed E-state index contributed by atoms with van der Waals surface area (Å²) in [4.78, 5) is 18.3. The maximum absolute atomic E-state index is 12.6. The number of thioether (sulfide) groups is 1. The second kappa shape index (κ2) is 8.74. The van der Waals surface area contributed by atoms with Crippen LogP contribution in [0.25, 0.3) is 17.1 Å². The molecule has 0 aliphatic carbocycles. The molecule has 3 aromatic heterocycles. The molecule has 4 rings (SSSR count). The van der Waals surface area contributed by atoms with E-state index in [0.717, 1.165) is 17.0 Å². The van der Waals surface area contributed by atoms with Crippen LogP contribution in [0.5, 0.6) is 0 Å². The van der Waals surface area contributed by atoms with Gasteiger partial charge in [-0.05, 0) is 36.4 Å². The number of para-hydroxylation sites is 1. The number of amides is 1. The first kappa shape index (κ1) is 18.9. The van der Waals surface area contributed by atoms with Gasteiger partial charge in [0.1, 0.15) is 5.76 Å². The van der Waals surface area contributed by atoms with Crippen molar-refractivity contribution >= 4 is 17.7 Å². The average molecular weight is 405 g/mol. The van der Waals surface area contributed by atoms with Gasteiger partial charge in [-0.15, -0.1) is 10.2 Å². The Balaban J connectivity index is 1.56. The zero-order valence-corrected chi connectivity index (χ0v) is 16.6. The molecule has 4 aromatic rings. The second-order valence-electron chi connectivity index (χ2n) is 6.33. The Labute approximate surface area is 172 Å². The van der Waals surface area contributed by atoms with Gasteiger partial charge in [0.15, 0.2) is 11.0 Å². The van der Waals surface area contributed by atoms with E-state index in [1.54, 1.807) is 30.6 Å². The van der Waals surface area contributed by atoms with Crippen molar-refractivity contribution in [3.05, 3.63) is 79.0 Å². The van der Waals surface area contributed by atoms with Crippen molar-refractivity contribution in [2.45, 2.75) is 11.7 Å². The van der Waals surface area contributed by atoms with Crippen molar-refractivity contribution in [2.24, 2.45) is 0 Å². The number of nitrogens with zero attached hydrogens (tertiary/aromatic N) is 5. The van der Waals surface area contributed by atoms with Gasteiger partial charge in [-0.2, -0.15) is 0 Å². The number of pyridine rings is 1. The van der Waals surface area contributed by atoms with Crippen LogP contribution < -0.4 is 0 Å². The highest BCUT2D eigenvalue weighted by Gasteiger charge is 2.18. The van der Waals surface area contributed by atoms with E-state index in [1.807, 2.05) is 59.2 Å². The first-order valence-corrected chi connectivity index (χ1v) is 10.0. The molecular formula is C21H19N5O2S. The van der Waals surface area contributed by atoms with Crippen LogP contribution in [0.1, 0.15) is 5.76 Å². The van der Waals surface area contributed by atoms with Gasteiger partial charge in [0.2, 0.25) is 5.91 Å². The summed E-state index contributed by atoms with van der Waals surface area (Å²) in [5.41, 5.74) is 1.84. The lowest BCUT2D eigenvalue weighted by Crippen LogP contribution is -2.27. The highest BCUT2D eigenvalue weighted by Crippen LogP contribution is 2.27. The molecule has 0 N–H and O–H groups in total. The Kier molecular flexibility index (Phi) is 5.71. The Morgan fingerprint density at radius 3 is 2.59 bits per heavy atom. The topological polar surface area (TPSA) is 77.1 Å². The molecular weight excluding hydrogens is 386 g/mol. The van der Waals surface area contributed by atoms with E-state index >= 15 is 0 Å². The maximum Gasteiger partial charge on any atom is 0.233 e. The SMILES string of the molecule is CN(Cc1ccco1)C(=O)CSc1nnc(-c2ccncc2)n1-c1ccccc1. The van der Waals surface area contributed by atoms with Crippen LogP contribution in [-0.2, 0) is 11.3 Å². The number of benzene rings is 1. The minimum atomic E-state index is -0.0144. The maximum atomic E-state index is 12.6. The molecule has 0 unspecified atom stereocenters. The zero-order valence-electron chi connectivity index (χ0n) is 15.8. The standard InChI is InChI=1S/C21H19N5O2S/c1-25(14-18-8-5-13-28-18)19(27)15-29-21-24-23-20(16-9-11-22-12-10-16)26(21)17-6-3-2-4-7-17/h2-13H,14-15H2,1H3. The zero-order chi connectivity index (χ0) is 20.1. The fourth-order valence-electron chi connectivity index (χ4n) is 2.82. The Morgan fingerprint density at radius 1 is 1.07 bits per heavy atom. The van der Waals surface area contributed by atoms with Crippen LogP contribution >= 0.6 is 11.8 Å². The monoisotopic (exact) mass is 405 g/mol. The molecule has 0 saturated heterocycles. The molecule has 0 aliphatic rings. The number of carbonyl (C=O) groups excluding carboxylic acids is 1. The number of rotatable bonds is 7. The van der Waals surface area contributed by atoms with Crippen LogP contribution in [0.15, 0.2) is 82.8 Å². The van der Waals surface area contributed by atoms with Gasteiger partial charge in [0.25, 0.3) is 0 Å². The van der Waals surface area contributed by atoms with Gasteiger partial charge in [-0.3, -0.25) is 14.3 Å². The normalized spacial score (nSPS) is 10.8. The highest BCUT2D eigenvalue weighted by atomic mass is 32.2. The summed E-state index contributed by atoms with van der Waals surface area (Å²) in [6.07, 6.45) is 5.05. The molecule has 0 fully saturated rings. The second-order valence-corrected chi connectivity index (χ2v) is 7.27. The van der Waals surface area contributed by atoms with Crippen LogP contribution in [0.3, 0.4) is 0 Å². The Hall–Kier alpha value is -3.39. The minimum absolute atomic E-state index is 0.0144. The van der Waals surface area contributed by atoms with Crippen molar-refractivity contribution in [3.63, 3.8) is 0 Å². The van der Waals surface area contributed by atoms with Gasteiger partial charge < -0.3 is 9.32 Å². The third kappa shape index (κ3) is 4.38. The predicted molar refractivity (Wildman–Crippen MR) is 110 cm³/mol. The van der Waals surface area contributed by atoms with Crippen molar-refractivity contribution in [3.8, 4) is 17.1 Å². The molecule has 0 radical (unpaired) electrons. The number of hydrogen-bond acceptors (Lipinski definition) is 6. The van der Waals surface area contributed by atoms with Crippen molar-refractivity contribution in [1.29, 1.82) is 0 Å². The van der Waals surface area contributed by atoms with Crippen molar-refractivity contribution in [2.75, 3.05) is 12.8 Å². The summed E-state index contributed by atoms with van der Waals surface area (Å²) in [6, 6.07) is 17.3. The quantitative estimate of drug-likeness (QED) is 0.437. The smallest absolute Gasteiger partial charge is 0.233 e. The van der Waals surface area contributed by atoms with Crippen LogP contribution in [0.4, 0.5) is 0 Å². The molecule has 29 heavy (non-hydrogen) atoms. The van der Waals surface area contributed by atoms with Crippen LogP contribution in [-0.4, -0.2) is 43.4 Å². The third-order valence-electron chi connectivity index (χ3n) is 4.31. The first-order valence-electron chi connectivity index (χ1n) is 9.03. The fourth-order valence-corrected chi connectivity index (χ4v) is 3.71. The van der Waals surface area contributed by atoms with E-state index in [-0.39, 0.29) is 11.7 Å². The molecule has 0 bridgehead atoms. The van der Waals surface area contributed by atoms with Crippen molar-refractivity contribution < 1.29 is 9.21 Å². The molecule has 1 aromatic carbocycles. The molecule has 7 nitrogen and oxygen atoms in total. The van der Waals surface area contributed by atoms with E-state index in [1.165, 1.54) is 11.8 Å². The van der Waals surface area contributed by atoms with E-state index < -0.39 is 0 Å². The third-order valence-corrected chi connectivity index (χ3v) is 5.22.